The van der Waals surface area contributed by atoms with E-state index in [2.05, 4.69) is 19.1 Å². The van der Waals surface area contributed by atoms with Crippen LogP contribution in [-0.4, -0.2) is 6.29 Å². The van der Waals surface area contributed by atoms with Crippen LogP contribution in [0.3, 0.4) is 0 Å². The molecule has 2 rings (SSSR count). The molecule has 0 amide bonds. The molecule has 0 bridgehead atoms. The van der Waals surface area contributed by atoms with E-state index in [0.717, 1.165) is 30.3 Å². The first-order valence-corrected chi connectivity index (χ1v) is 5.47. The number of hydrogen-bond acceptors (Lipinski definition) is 2. The molecule has 82 valence electrons. The molecule has 0 radical (unpaired) electrons. The summed E-state index contributed by atoms with van der Waals surface area (Å²) in [6.07, 6.45) is 4.52. The third-order valence-corrected chi connectivity index (χ3v) is 2.61. The van der Waals surface area contributed by atoms with Gasteiger partial charge in [0.25, 0.3) is 0 Å². The number of hydrogen-bond donors (Lipinski definition) is 0. The zero-order valence-electron chi connectivity index (χ0n) is 9.27. The Labute approximate surface area is 94.9 Å². The van der Waals surface area contributed by atoms with Crippen molar-refractivity contribution in [2.75, 3.05) is 0 Å². The van der Waals surface area contributed by atoms with E-state index >= 15 is 0 Å². The van der Waals surface area contributed by atoms with Crippen LogP contribution in [0.15, 0.2) is 41.0 Å². The predicted molar refractivity (Wildman–Crippen MR) is 63.5 cm³/mol. The molecule has 16 heavy (non-hydrogen) atoms. The quantitative estimate of drug-likeness (QED) is 0.726. The van der Waals surface area contributed by atoms with Crippen LogP contribution in [0.5, 0.6) is 0 Å². The molecule has 2 aromatic rings. The average molecular weight is 214 g/mol. The van der Waals surface area contributed by atoms with Crippen LogP contribution in [0, 0.1) is 0 Å². The Hall–Kier alpha value is -1.83. The zero-order valence-corrected chi connectivity index (χ0v) is 9.27. The average Bonchev–Trinajstić information content (AvgIpc) is 2.78. The Bertz CT molecular complexity index is 466. The summed E-state index contributed by atoms with van der Waals surface area (Å²) in [6, 6.07) is 10.1. The van der Waals surface area contributed by atoms with Gasteiger partial charge in [-0.3, -0.25) is 4.79 Å². The highest BCUT2D eigenvalue weighted by Gasteiger charge is 2.06. The van der Waals surface area contributed by atoms with Gasteiger partial charge in [0, 0.05) is 5.56 Å². The minimum atomic E-state index is 0.392. The first-order valence-electron chi connectivity index (χ1n) is 5.47. The van der Waals surface area contributed by atoms with Crippen molar-refractivity contribution in [2.45, 2.75) is 19.8 Å². The second-order valence-corrected chi connectivity index (χ2v) is 3.76. The normalized spacial score (nSPS) is 10.3. The summed E-state index contributed by atoms with van der Waals surface area (Å²) in [6.45, 7) is 2.16. The molecular weight excluding hydrogens is 200 g/mol. The van der Waals surface area contributed by atoms with Crippen LogP contribution in [0.25, 0.3) is 11.1 Å². The monoisotopic (exact) mass is 214 g/mol. The highest BCUT2D eigenvalue weighted by Crippen LogP contribution is 2.24. The highest BCUT2D eigenvalue weighted by atomic mass is 16.3. The molecular formula is C14H14O2. The van der Waals surface area contributed by atoms with Crippen LogP contribution < -0.4 is 0 Å². The summed E-state index contributed by atoms with van der Waals surface area (Å²) in [5.41, 5.74) is 3.20. The Morgan fingerprint density at radius 3 is 2.56 bits per heavy atom. The van der Waals surface area contributed by atoms with E-state index in [0.29, 0.717) is 5.76 Å². The van der Waals surface area contributed by atoms with Gasteiger partial charge in [-0.15, -0.1) is 0 Å². The number of aldehydes is 1. The zero-order chi connectivity index (χ0) is 11.4. The van der Waals surface area contributed by atoms with Gasteiger partial charge < -0.3 is 4.42 Å². The smallest absolute Gasteiger partial charge is 0.185 e. The van der Waals surface area contributed by atoms with Crippen molar-refractivity contribution >= 4 is 6.29 Å². The Kier molecular flexibility index (Phi) is 3.20. The number of furan rings is 1. The summed E-state index contributed by atoms with van der Waals surface area (Å²) in [5.74, 6) is 0.392. The molecule has 2 heteroatoms. The Balaban J connectivity index is 2.31. The lowest BCUT2D eigenvalue weighted by Crippen LogP contribution is -1.85. The molecule has 1 aromatic carbocycles. The predicted octanol–water partition coefficient (Wildman–Crippen LogP) is 3.71. The lowest BCUT2D eigenvalue weighted by Gasteiger charge is -2.01. The fourth-order valence-electron chi connectivity index (χ4n) is 1.79. The van der Waals surface area contributed by atoms with Crippen molar-refractivity contribution in [1.82, 2.24) is 0 Å². The van der Waals surface area contributed by atoms with Crippen molar-refractivity contribution in [3.8, 4) is 11.1 Å². The van der Waals surface area contributed by atoms with Gasteiger partial charge >= 0.3 is 0 Å². The first kappa shape index (κ1) is 10.7. The standard InChI is InChI=1S/C14H14O2/c1-2-3-11-4-6-12(7-5-11)13-8-9-16-14(13)10-15/h4-10H,2-3H2,1H3. The van der Waals surface area contributed by atoms with Gasteiger partial charge in [-0.05, 0) is 23.6 Å². The fourth-order valence-corrected chi connectivity index (χ4v) is 1.79. The maximum Gasteiger partial charge on any atom is 0.185 e. The van der Waals surface area contributed by atoms with E-state index in [-0.39, 0.29) is 0 Å². The maximum atomic E-state index is 10.7. The number of carbonyl (C=O) groups excluding carboxylic acids is 1. The lowest BCUT2D eigenvalue weighted by molar-refractivity contribution is 0.110. The molecule has 1 aromatic heterocycles. The number of benzene rings is 1. The third-order valence-electron chi connectivity index (χ3n) is 2.61. The SMILES string of the molecule is CCCc1ccc(-c2ccoc2C=O)cc1. The Morgan fingerprint density at radius 1 is 1.19 bits per heavy atom. The molecule has 1 heterocycles. The molecule has 0 fully saturated rings. The summed E-state index contributed by atoms with van der Waals surface area (Å²) in [7, 11) is 0. The summed E-state index contributed by atoms with van der Waals surface area (Å²) in [5, 5.41) is 0. The molecule has 0 N–H and O–H groups in total. The second-order valence-electron chi connectivity index (χ2n) is 3.76. The second kappa shape index (κ2) is 4.79. The minimum Gasteiger partial charge on any atom is -0.461 e. The largest absolute Gasteiger partial charge is 0.461 e. The van der Waals surface area contributed by atoms with Crippen molar-refractivity contribution < 1.29 is 9.21 Å². The van der Waals surface area contributed by atoms with Crippen molar-refractivity contribution in [1.29, 1.82) is 0 Å². The molecule has 0 atom stereocenters. The van der Waals surface area contributed by atoms with Gasteiger partial charge in [0.05, 0.1) is 6.26 Å². The topological polar surface area (TPSA) is 30.2 Å². The van der Waals surface area contributed by atoms with Gasteiger partial charge in [0.1, 0.15) is 0 Å². The van der Waals surface area contributed by atoms with Gasteiger partial charge in [-0.1, -0.05) is 37.6 Å². The van der Waals surface area contributed by atoms with Crippen molar-refractivity contribution in [2.24, 2.45) is 0 Å². The molecule has 0 aliphatic heterocycles. The molecule has 0 spiro atoms. The van der Waals surface area contributed by atoms with Gasteiger partial charge in [-0.2, -0.15) is 0 Å². The van der Waals surface area contributed by atoms with E-state index < -0.39 is 0 Å². The van der Waals surface area contributed by atoms with Crippen LogP contribution in [0.4, 0.5) is 0 Å². The summed E-state index contributed by atoms with van der Waals surface area (Å²) < 4.78 is 5.08. The van der Waals surface area contributed by atoms with Crippen LogP contribution in [-0.2, 0) is 6.42 Å². The van der Waals surface area contributed by atoms with E-state index in [1.807, 2.05) is 18.2 Å². The fraction of sp³-hybridized carbons (Fsp3) is 0.214. The van der Waals surface area contributed by atoms with E-state index in [9.17, 15) is 4.79 Å². The molecule has 0 aliphatic carbocycles. The molecule has 0 aliphatic rings. The van der Waals surface area contributed by atoms with Crippen LogP contribution in [0.1, 0.15) is 29.5 Å². The molecule has 0 saturated carbocycles. The highest BCUT2D eigenvalue weighted by molar-refractivity contribution is 5.84. The number of carbonyl (C=O) groups is 1. The lowest BCUT2D eigenvalue weighted by atomic mass is 10.0. The molecule has 2 nitrogen and oxygen atoms in total. The van der Waals surface area contributed by atoms with Crippen molar-refractivity contribution in [3.05, 3.63) is 47.9 Å². The minimum absolute atomic E-state index is 0.392. The van der Waals surface area contributed by atoms with Gasteiger partial charge in [0.2, 0.25) is 0 Å². The molecule has 0 saturated heterocycles. The van der Waals surface area contributed by atoms with E-state index in [4.69, 9.17) is 4.42 Å². The molecule has 0 unspecified atom stereocenters. The third kappa shape index (κ3) is 2.06. The number of rotatable bonds is 4. The first-order chi connectivity index (χ1) is 7.85. The summed E-state index contributed by atoms with van der Waals surface area (Å²) in [4.78, 5) is 10.7. The number of aryl methyl sites for hydroxylation is 1. The van der Waals surface area contributed by atoms with E-state index in [1.165, 1.54) is 5.56 Å². The summed E-state index contributed by atoms with van der Waals surface area (Å²) >= 11 is 0. The Morgan fingerprint density at radius 2 is 1.94 bits per heavy atom. The van der Waals surface area contributed by atoms with Crippen LogP contribution >= 0.6 is 0 Å². The van der Waals surface area contributed by atoms with Gasteiger partial charge in [-0.25, -0.2) is 0 Å². The van der Waals surface area contributed by atoms with Crippen molar-refractivity contribution in [3.63, 3.8) is 0 Å². The maximum absolute atomic E-state index is 10.7. The van der Waals surface area contributed by atoms with E-state index in [1.54, 1.807) is 6.26 Å². The van der Waals surface area contributed by atoms with Gasteiger partial charge in [0.15, 0.2) is 12.0 Å². The van der Waals surface area contributed by atoms with Crippen LogP contribution in [0.2, 0.25) is 0 Å².